The van der Waals surface area contributed by atoms with E-state index in [1.165, 1.54) is 5.56 Å². The lowest BCUT2D eigenvalue weighted by atomic mass is 10.2. The van der Waals surface area contributed by atoms with Crippen LogP contribution in [0.2, 0.25) is 0 Å². The van der Waals surface area contributed by atoms with Gasteiger partial charge in [0.05, 0.1) is 0 Å². The lowest BCUT2D eigenvalue weighted by molar-refractivity contribution is 0.211. The molecule has 0 unspecified atom stereocenters. The summed E-state index contributed by atoms with van der Waals surface area (Å²) in [6, 6.07) is 7.76. The van der Waals surface area contributed by atoms with Crippen molar-refractivity contribution in [3.8, 4) is 0 Å². The van der Waals surface area contributed by atoms with Crippen LogP contribution >= 0.6 is 0 Å². The van der Waals surface area contributed by atoms with Gasteiger partial charge in [0, 0.05) is 31.9 Å². The monoisotopic (exact) mass is 272 g/mol. The largest absolute Gasteiger partial charge is 0.342 e. The number of guanidine groups is 1. The highest BCUT2D eigenvalue weighted by atomic mass is 16.2. The van der Waals surface area contributed by atoms with Gasteiger partial charge in [0.2, 0.25) is 5.96 Å². The summed E-state index contributed by atoms with van der Waals surface area (Å²) in [5.74, 6) is 0.840. The third-order valence-corrected chi connectivity index (χ3v) is 3.72. The van der Waals surface area contributed by atoms with Gasteiger partial charge in [-0.25, -0.2) is 4.79 Å². The molecule has 0 bridgehead atoms. The Balaban J connectivity index is 1.72. The molecule has 0 aromatic heterocycles. The average molecular weight is 272 g/mol. The number of carbonyl (C=O) groups is 1. The first-order chi connectivity index (χ1) is 9.74. The Hall–Kier alpha value is -2.04. The molecule has 1 saturated heterocycles. The predicted octanol–water partition coefficient (Wildman–Crippen LogP) is 2.29. The van der Waals surface area contributed by atoms with Gasteiger partial charge in [0.15, 0.2) is 0 Å². The van der Waals surface area contributed by atoms with E-state index < -0.39 is 0 Å². The molecular weight excluding hydrogens is 252 g/mol. The standard InChI is InChI=1S/C15H20N4O/c1-12-4-6-13(7-5-12)17-15(20)19-11-3-10-18-9-2-8-16-14(18)19/h4-7H,2-3,8-11H2,1H3,(H,17,20). The van der Waals surface area contributed by atoms with Gasteiger partial charge in [-0.15, -0.1) is 0 Å². The van der Waals surface area contributed by atoms with Crippen LogP contribution in [0, 0.1) is 6.92 Å². The number of nitrogens with zero attached hydrogens (tertiary/aromatic N) is 3. The second kappa shape index (κ2) is 5.53. The van der Waals surface area contributed by atoms with E-state index in [0.29, 0.717) is 0 Å². The van der Waals surface area contributed by atoms with Crippen molar-refractivity contribution in [1.29, 1.82) is 0 Å². The third kappa shape index (κ3) is 2.61. The summed E-state index contributed by atoms with van der Waals surface area (Å²) in [6.07, 6.45) is 2.08. The van der Waals surface area contributed by atoms with Crippen molar-refractivity contribution < 1.29 is 4.79 Å². The molecule has 3 rings (SSSR count). The second-order valence-electron chi connectivity index (χ2n) is 5.32. The Labute approximate surface area is 119 Å². The minimum absolute atomic E-state index is 0.0841. The fourth-order valence-electron chi connectivity index (χ4n) is 2.65. The summed E-state index contributed by atoms with van der Waals surface area (Å²) in [6.45, 7) is 5.61. The van der Waals surface area contributed by atoms with Gasteiger partial charge in [-0.2, -0.15) is 0 Å². The van der Waals surface area contributed by atoms with Crippen molar-refractivity contribution in [2.75, 3.05) is 31.5 Å². The maximum atomic E-state index is 12.4. The molecule has 1 fully saturated rings. The van der Waals surface area contributed by atoms with Crippen molar-refractivity contribution in [3.63, 3.8) is 0 Å². The van der Waals surface area contributed by atoms with Crippen molar-refractivity contribution >= 4 is 17.7 Å². The maximum Gasteiger partial charge on any atom is 0.328 e. The number of rotatable bonds is 1. The zero-order valence-corrected chi connectivity index (χ0v) is 11.8. The van der Waals surface area contributed by atoms with Gasteiger partial charge >= 0.3 is 6.03 Å². The van der Waals surface area contributed by atoms with Gasteiger partial charge in [-0.1, -0.05) is 17.7 Å². The van der Waals surface area contributed by atoms with Crippen LogP contribution in [0.25, 0.3) is 0 Å². The molecule has 1 N–H and O–H groups in total. The number of aliphatic imine (C=N–C) groups is 1. The maximum absolute atomic E-state index is 12.4. The highest BCUT2D eigenvalue weighted by Gasteiger charge is 2.29. The van der Waals surface area contributed by atoms with Gasteiger partial charge in [-0.05, 0) is 31.9 Å². The van der Waals surface area contributed by atoms with Crippen LogP contribution in [-0.4, -0.2) is 48.0 Å². The van der Waals surface area contributed by atoms with Gasteiger partial charge < -0.3 is 10.2 Å². The molecule has 1 aromatic rings. The Morgan fingerprint density at radius 2 is 1.90 bits per heavy atom. The summed E-state index contributed by atoms with van der Waals surface area (Å²) in [7, 11) is 0. The lowest BCUT2D eigenvalue weighted by Gasteiger charge is -2.39. The molecule has 0 saturated carbocycles. The van der Waals surface area contributed by atoms with Crippen LogP contribution in [0.3, 0.4) is 0 Å². The summed E-state index contributed by atoms with van der Waals surface area (Å²) >= 11 is 0. The number of hydrogen-bond donors (Lipinski definition) is 1. The molecule has 2 heterocycles. The van der Waals surface area contributed by atoms with E-state index in [1.54, 1.807) is 4.90 Å². The van der Waals surface area contributed by atoms with Crippen LogP contribution in [0.1, 0.15) is 18.4 Å². The number of nitrogens with one attached hydrogen (secondary N) is 1. The first-order valence-corrected chi connectivity index (χ1v) is 7.18. The average Bonchev–Trinajstić information content (AvgIpc) is 2.49. The van der Waals surface area contributed by atoms with Crippen LogP contribution in [0.5, 0.6) is 0 Å². The highest BCUT2D eigenvalue weighted by molar-refractivity contribution is 6.02. The van der Waals surface area contributed by atoms with Crippen LogP contribution in [0.15, 0.2) is 29.3 Å². The van der Waals surface area contributed by atoms with Crippen LogP contribution in [-0.2, 0) is 0 Å². The molecule has 0 radical (unpaired) electrons. The molecule has 0 spiro atoms. The number of carbonyl (C=O) groups excluding carboxylic acids is 1. The van der Waals surface area contributed by atoms with E-state index in [2.05, 4.69) is 15.2 Å². The molecule has 2 aliphatic heterocycles. The molecule has 5 nitrogen and oxygen atoms in total. The van der Waals surface area contributed by atoms with E-state index in [4.69, 9.17) is 0 Å². The molecular formula is C15H20N4O. The van der Waals surface area contributed by atoms with Gasteiger partial charge in [0.25, 0.3) is 0 Å². The smallest absolute Gasteiger partial charge is 0.328 e. The number of amides is 2. The number of benzene rings is 1. The summed E-state index contributed by atoms with van der Waals surface area (Å²) in [4.78, 5) is 20.9. The Morgan fingerprint density at radius 3 is 2.70 bits per heavy atom. The molecule has 2 amide bonds. The summed E-state index contributed by atoms with van der Waals surface area (Å²) in [5.41, 5.74) is 2.01. The molecule has 20 heavy (non-hydrogen) atoms. The molecule has 0 aliphatic carbocycles. The molecule has 106 valence electrons. The van der Waals surface area contributed by atoms with Gasteiger partial charge in [-0.3, -0.25) is 9.89 Å². The minimum Gasteiger partial charge on any atom is -0.342 e. The minimum atomic E-state index is -0.0841. The lowest BCUT2D eigenvalue weighted by Crippen LogP contribution is -2.55. The fraction of sp³-hybridized carbons (Fsp3) is 0.467. The van der Waals surface area contributed by atoms with Gasteiger partial charge in [0.1, 0.15) is 0 Å². The van der Waals surface area contributed by atoms with E-state index in [1.807, 2.05) is 31.2 Å². The van der Waals surface area contributed by atoms with Crippen LogP contribution < -0.4 is 5.32 Å². The van der Waals surface area contributed by atoms with E-state index in [0.717, 1.165) is 50.7 Å². The SMILES string of the molecule is Cc1ccc(NC(=O)N2CCCN3CCCN=C32)cc1. The van der Waals surface area contributed by atoms with Crippen molar-refractivity contribution in [1.82, 2.24) is 9.80 Å². The normalized spacial score (nSPS) is 18.4. The number of hydrogen-bond acceptors (Lipinski definition) is 3. The fourth-order valence-corrected chi connectivity index (χ4v) is 2.65. The zero-order valence-electron chi connectivity index (χ0n) is 11.8. The number of anilines is 1. The van der Waals surface area contributed by atoms with Crippen molar-refractivity contribution in [2.45, 2.75) is 19.8 Å². The number of fused-ring (bicyclic) bond motifs is 1. The molecule has 5 heteroatoms. The predicted molar refractivity (Wildman–Crippen MR) is 80.0 cm³/mol. The highest BCUT2D eigenvalue weighted by Crippen LogP contribution is 2.16. The molecule has 2 aliphatic rings. The first-order valence-electron chi connectivity index (χ1n) is 7.18. The number of aryl methyl sites for hydroxylation is 1. The third-order valence-electron chi connectivity index (χ3n) is 3.72. The summed E-state index contributed by atoms with van der Waals surface area (Å²) in [5, 5.41) is 2.95. The van der Waals surface area contributed by atoms with E-state index in [-0.39, 0.29) is 6.03 Å². The molecule has 1 aromatic carbocycles. The summed E-state index contributed by atoms with van der Waals surface area (Å²) < 4.78 is 0. The Bertz CT molecular complexity index is 523. The molecule has 0 atom stereocenters. The van der Waals surface area contributed by atoms with E-state index in [9.17, 15) is 4.79 Å². The zero-order chi connectivity index (χ0) is 13.9. The van der Waals surface area contributed by atoms with Crippen molar-refractivity contribution in [2.24, 2.45) is 4.99 Å². The van der Waals surface area contributed by atoms with Crippen molar-refractivity contribution in [3.05, 3.63) is 29.8 Å². The topological polar surface area (TPSA) is 47.9 Å². The number of urea groups is 1. The Kier molecular flexibility index (Phi) is 3.58. The van der Waals surface area contributed by atoms with Crippen LogP contribution in [0.4, 0.5) is 10.5 Å². The quantitative estimate of drug-likeness (QED) is 0.852. The second-order valence-corrected chi connectivity index (χ2v) is 5.32. The first kappa shape index (κ1) is 13.0. The Morgan fingerprint density at radius 1 is 1.15 bits per heavy atom. The van der Waals surface area contributed by atoms with E-state index >= 15 is 0 Å².